The zero-order valence-corrected chi connectivity index (χ0v) is 12.9. The predicted octanol–water partition coefficient (Wildman–Crippen LogP) is 1.76. The minimum Gasteiger partial charge on any atom is -0.339 e. The number of nitrogens with zero attached hydrogens (tertiary/aromatic N) is 3. The zero-order valence-electron chi connectivity index (χ0n) is 12.9. The Hall–Kier alpha value is -2.14. The van der Waals surface area contributed by atoms with E-state index in [1.54, 1.807) is 12.5 Å². The van der Waals surface area contributed by atoms with Crippen LogP contribution in [0.3, 0.4) is 0 Å². The van der Waals surface area contributed by atoms with Gasteiger partial charge in [-0.3, -0.25) is 4.79 Å². The summed E-state index contributed by atoms with van der Waals surface area (Å²) in [4.78, 5) is 18.6. The topological polar surface area (TPSA) is 50.2 Å². The molecule has 2 aromatic rings. The van der Waals surface area contributed by atoms with Crippen molar-refractivity contribution in [3.8, 4) is 0 Å². The molecule has 0 unspecified atom stereocenters. The van der Waals surface area contributed by atoms with Gasteiger partial charge in [-0.05, 0) is 37.6 Å². The van der Waals surface area contributed by atoms with E-state index in [0.717, 1.165) is 43.6 Å². The number of amides is 1. The van der Waals surface area contributed by atoms with E-state index in [4.69, 9.17) is 0 Å². The van der Waals surface area contributed by atoms with Gasteiger partial charge in [0, 0.05) is 43.6 Å². The van der Waals surface area contributed by atoms with Crippen LogP contribution in [0.1, 0.15) is 28.8 Å². The summed E-state index contributed by atoms with van der Waals surface area (Å²) in [7, 11) is 1.99. The van der Waals surface area contributed by atoms with Gasteiger partial charge in [0.15, 0.2) is 0 Å². The van der Waals surface area contributed by atoms with Crippen LogP contribution in [0.25, 0.3) is 0 Å². The molecule has 1 fully saturated rings. The van der Waals surface area contributed by atoms with Crippen LogP contribution in [0.4, 0.5) is 0 Å². The van der Waals surface area contributed by atoms with Gasteiger partial charge < -0.3 is 14.8 Å². The summed E-state index contributed by atoms with van der Waals surface area (Å²) in [6.07, 6.45) is 7.53. The Labute approximate surface area is 131 Å². The maximum atomic E-state index is 12.6. The minimum absolute atomic E-state index is 0.141. The molecule has 1 saturated heterocycles. The molecule has 0 atom stereocenters. The number of benzene rings is 1. The highest BCUT2D eigenvalue weighted by Gasteiger charge is 2.22. The van der Waals surface area contributed by atoms with Crippen LogP contribution in [0.2, 0.25) is 0 Å². The zero-order chi connectivity index (χ0) is 15.4. The lowest BCUT2D eigenvalue weighted by molar-refractivity contribution is 0.0707. The number of carbonyl (C=O) groups is 1. The number of carbonyl (C=O) groups excluding carboxylic acids is 1. The molecule has 0 aliphatic carbocycles. The van der Waals surface area contributed by atoms with Crippen molar-refractivity contribution in [1.82, 2.24) is 19.8 Å². The largest absolute Gasteiger partial charge is 0.339 e. The van der Waals surface area contributed by atoms with Crippen molar-refractivity contribution in [3.63, 3.8) is 0 Å². The van der Waals surface area contributed by atoms with Crippen LogP contribution in [0, 0.1) is 0 Å². The summed E-state index contributed by atoms with van der Waals surface area (Å²) in [5.74, 6) is 0.141. The Bertz CT molecular complexity index is 615. The van der Waals surface area contributed by atoms with E-state index in [9.17, 15) is 4.79 Å². The molecule has 1 aromatic carbocycles. The van der Waals surface area contributed by atoms with Gasteiger partial charge in [0.25, 0.3) is 5.91 Å². The summed E-state index contributed by atoms with van der Waals surface area (Å²) >= 11 is 0. The highest BCUT2D eigenvalue weighted by Crippen LogP contribution is 2.15. The Morgan fingerprint density at radius 1 is 1.36 bits per heavy atom. The van der Waals surface area contributed by atoms with Gasteiger partial charge in [-0.2, -0.15) is 0 Å². The van der Waals surface area contributed by atoms with E-state index in [0.29, 0.717) is 6.04 Å². The molecule has 1 aromatic heterocycles. The molecule has 0 saturated carbocycles. The molecule has 0 spiro atoms. The Morgan fingerprint density at radius 3 is 2.86 bits per heavy atom. The Kier molecular flexibility index (Phi) is 4.53. The molecule has 5 nitrogen and oxygen atoms in total. The van der Waals surface area contributed by atoms with Crippen LogP contribution in [-0.2, 0) is 6.54 Å². The molecule has 5 heteroatoms. The van der Waals surface area contributed by atoms with E-state index in [1.165, 1.54) is 0 Å². The smallest absolute Gasteiger partial charge is 0.253 e. The first-order valence-electron chi connectivity index (χ1n) is 7.77. The fourth-order valence-electron chi connectivity index (χ4n) is 2.95. The summed E-state index contributed by atoms with van der Waals surface area (Å²) in [5.41, 5.74) is 1.90. The molecule has 1 N–H and O–H groups in total. The fourth-order valence-corrected chi connectivity index (χ4v) is 2.95. The van der Waals surface area contributed by atoms with Crippen LogP contribution in [-0.4, -0.2) is 46.5 Å². The summed E-state index contributed by atoms with van der Waals surface area (Å²) < 4.78 is 2.00. The number of hydrogen-bond donors (Lipinski definition) is 1. The van der Waals surface area contributed by atoms with Crippen molar-refractivity contribution in [2.24, 2.45) is 0 Å². The first kappa shape index (κ1) is 14.8. The average molecular weight is 298 g/mol. The molecule has 0 bridgehead atoms. The van der Waals surface area contributed by atoms with Gasteiger partial charge in [-0.15, -0.1) is 0 Å². The standard InChI is InChI=1S/C17H22N4O/c1-18-16-5-8-21(9-6-16)17(22)15-4-2-3-14(11-15)12-20-10-7-19-13-20/h2-4,7,10-11,13,16,18H,5-6,8-9,12H2,1H3. The first-order valence-corrected chi connectivity index (χ1v) is 7.77. The molecular formula is C17H22N4O. The second-order valence-electron chi connectivity index (χ2n) is 5.79. The van der Waals surface area contributed by atoms with Gasteiger partial charge in [-0.25, -0.2) is 4.98 Å². The van der Waals surface area contributed by atoms with Gasteiger partial charge in [-0.1, -0.05) is 12.1 Å². The highest BCUT2D eigenvalue weighted by molar-refractivity contribution is 5.94. The van der Waals surface area contributed by atoms with Gasteiger partial charge in [0.2, 0.25) is 0 Å². The second kappa shape index (κ2) is 6.75. The number of imidazole rings is 1. The summed E-state index contributed by atoms with van der Waals surface area (Å²) in [6, 6.07) is 8.44. The SMILES string of the molecule is CNC1CCN(C(=O)c2cccc(Cn3ccnc3)c2)CC1. The maximum absolute atomic E-state index is 12.6. The lowest BCUT2D eigenvalue weighted by atomic mass is 10.0. The quantitative estimate of drug-likeness (QED) is 0.935. The molecule has 2 heterocycles. The third-order valence-electron chi connectivity index (χ3n) is 4.29. The molecule has 116 valence electrons. The van der Waals surface area contributed by atoms with Crippen LogP contribution in [0.15, 0.2) is 43.0 Å². The van der Waals surface area contributed by atoms with E-state index in [1.807, 2.05) is 47.0 Å². The van der Waals surface area contributed by atoms with Gasteiger partial charge in [0.1, 0.15) is 0 Å². The average Bonchev–Trinajstić information content (AvgIpc) is 3.07. The summed E-state index contributed by atoms with van der Waals surface area (Å²) in [6.45, 7) is 2.40. The van der Waals surface area contributed by atoms with Crippen molar-refractivity contribution < 1.29 is 4.79 Å². The van der Waals surface area contributed by atoms with Crippen molar-refractivity contribution in [3.05, 3.63) is 54.1 Å². The molecule has 1 amide bonds. The van der Waals surface area contributed by atoms with Crippen LogP contribution < -0.4 is 5.32 Å². The lowest BCUT2D eigenvalue weighted by Gasteiger charge is -2.32. The number of piperidine rings is 1. The number of nitrogens with one attached hydrogen (secondary N) is 1. The minimum atomic E-state index is 0.141. The van der Waals surface area contributed by atoms with Crippen LogP contribution >= 0.6 is 0 Å². The number of likely N-dealkylation sites (tertiary alicyclic amines) is 1. The van der Waals surface area contributed by atoms with E-state index >= 15 is 0 Å². The van der Waals surface area contributed by atoms with Crippen molar-refractivity contribution in [2.45, 2.75) is 25.4 Å². The van der Waals surface area contributed by atoms with Crippen LogP contribution in [0.5, 0.6) is 0 Å². The maximum Gasteiger partial charge on any atom is 0.253 e. The van der Waals surface area contributed by atoms with Crippen molar-refractivity contribution in [2.75, 3.05) is 20.1 Å². The van der Waals surface area contributed by atoms with E-state index in [2.05, 4.69) is 10.3 Å². The van der Waals surface area contributed by atoms with E-state index in [-0.39, 0.29) is 5.91 Å². The molecule has 22 heavy (non-hydrogen) atoms. The molecule has 0 radical (unpaired) electrons. The number of rotatable bonds is 4. The number of hydrogen-bond acceptors (Lipinski definition) is 3. The van der Waals surface area contributed by atoms with Gasteiger partial charge >= 0.3 is 0 Å². The normalized spacial score (nSPS) is 16.0. The molecule has 1 aliphatic rings. The van der Waals surface area contributed by atoms with E-state index < -0.39 is 0 Å². The Morgan fingerprint density at radius 2 is 2.18 bits per heavy atom. The lowest BCUT2D eigenvalue weighted by Crippen LogP contribution is -2.43. The van der Waals surface area contributed by atoms with Gasteiger partial charge in [0.05, 0.1) is 6.33 Å². The second-order valence-corrected chi connectivity index (χ2v) is 5.79. The fraction of sp³-hybridized carbons (Fsp3) is 0.412. The predicted molar refractivity (Wildman–Crippen MR) is 85.8 cm³/mol. The Balaban J connectivity index is 1.68. The van der Waals surface area contributed by atoms with Crippen molar-refractivity contribution in [1.29, 1.82) is 0 Å². The third-order valence-corrected chi connectivity index (χ3v) is 4.29. The monoisotopic (exact) mass is 298 g/mol. The number of aromatic nitrogens is 2. The summed E-state index contributed by atoms with van der Waals surface area (Å²) in [5, 5.41) is 3.29. The third kappa shape index (κ3) is 3.36. The first-order chi connectivity index (χ1) is 10.8. The highest BCUT2D eigenvalue weighted by atomic mass is 16.2. The molecule has 1 aliphatic heterocycles. The molecular weight excluding hydrogens is 276 g/mol. The van der Waals surface area contributed by atoms with Crippen molar-refractivity contribution >= 4 is 5.91 Å². The molecule has 3 rings (SSSR count).